The summed E-state index contributed by atoms with van der Waals surface area (Å²) in [6, 6.07) is 1.92. The summed E-state index contributed by atoms with van der Waals surface area (Å²) in [5.74, 6) is 0.478. The Bertz CT molecular complexity index is 634. The fraction of sp³-hybridized carbons (Fsp3) is 0.429. The van der Waals surface area contributed by atoms with E-state index in [1.165, 1.54) is 6.20 Å². The predicted molar refractivity (Wildman–Crippen MR) is 79.8 cm³/mol. The highest BCUT2D eigenvalue weighted by atomic mass is 16.1. The van der Waals surface area contributed by atoms with Crippen molar-refractivity contribution in [3.63, 3.8) is 0 Å². The standard InChI is InChI=1S/C14H20N6O/c1-9(2)13-17-8-11(15)12(19-13)14(21)16-6-4-10-5-7-18-20(10)3/h5,7-9H,4,6,15H2,1-3H3,(H,16,21). The van der Waals surface area contributed by atoms with Crippen LogP contribution >= 0.6 is 0 Å². The molecule has 7 heteroatoms. The van der Waals surface area contributed by atoms with Crippen LogP contribution in [0.4, 0.5) is 5.69 Å². The van der Waals surface area contributed by atoms with Crippen molar-refractivity contribution in [1.29, 1.82) is 0 Å². The van der Waals surface area contributed by atoms with E-state index in [0.717, 1.165) is 5.69 Å². The fourth-order valence-corrected chi connectivity index (χ4v) is 1.90. The van der Waals surface area contributed by atoms with Crippen molar-refractivity contribution in [3.05, 3.63) is 35.7 Å². The molecule has 0 aliphatic rings. The maximum Gasteiger partial charge on any atom is 0.272 e. The van der Waals surface area contributed by atoms with Crippen molar-refractivity contribution >= 4 is 11.6 Å². The predicted octanol–water partition coefficient (Wildman–Crippen LogP) is 0.888. The first kappa shape index (κ1) is 15.0. The van der Waals surface area contributed by atoms with Crippen molar-refractivity contribution in [2.24, 2.45) is 7.05 Å². The molecule has 0 fully saturated rings. The average Bonchev–Trinajstić information content (AvgIpc) is 2.84. The van der Waals surface area contributed by atoms with E-state index in [1.54, 1.807) is 10.9 Å². The molecule has 3 N–H and O–H groups in total. The average molecular weight is 288 g/mol. The summed E-state index contributed by atoms with van der Waals surface area (Å²) in [7, 11) is 1.87. The molecule has 0 saturated heterocycles. The second kappa shape index (κ2) is 6.34. The van der Waals surface area contributed by atoms with Gasteiger partial charge in [-0.25, -0.2) is 9.97 Å². The quantitative estimate of drug-likeness (QED) is 0.851. The van der Waals surface area contributed by atoms with E-state index in [-0.39, 0.29) is 23.2 Å². The molecule has 0 aliphatic heterocycles. The van der Waals surface area contributed by atoms with Crippen molar-refractivity contribution in [2.75, 3.05) is 12.3 Å². The molecular formula is C14H20N6O. The molecule has 21 heavy (non-hydrogen) atoms. The largest absolute Gasteiger partial charge is 0.396 e. The van der Waals surface area contributed by atoms with Gasteiger partial charge in [0, 0.05) is 37.8 Å². The van der Waals surface area contributed by atoms with Gasteiger partial charge in [0.15, 0.2) is 5.69 Å². The molecule has 7 nitrogen and oxygen atoms in total. The lowest BCUT2D eigenvalue weighted by Crippen LogP contribution is -2.28. The molecule has 2 aromatic rings. The van der Waals surface area contributed by atoms with Crippen LogP contribution in [-0.4, -0.2) is 32.2 Å². The molecule has 2 rings (SSSR count). The number of hydrogen-bond donors (Lipinski definition) is 2. The first-order valence-corrected chi connectivity index (χ1v) is 6.86. The summed E-state index contributed by atoms with van der Waals surface area (Å²) in [5.41, 5.74) is 7.36. The van der Waals surface area contributed by atoms with Crippen molar-refractivity contribution in [1.82, 2.24) is 25.1 Å². The summed E-state index contributed by atoms with van der Waals surface area (Å²) in [5, 5.41) is 6.90. The minimum Gasteiger partial charge on any atom is -0.396 e. The molecule has 0 atom stereocenters. The zero-order valence-corrected chi connectivity index (χ0v) is 12.5. The Hall–Kier alpha value is -2.44. The second-order valence-electron chi connectivity index (χ2n) is 5.14. The molecule has 1 amide bonds. The van der Waals surface area contributed by atoms with Gasteiger partial charge in [-0.15, -0.1) is 0 Å². The van der Waals surface area contributed by atoms with Crippen LogP contribution in [0.5, 0.6) is 0 Å². The summed E-state index contributed by atoms with van der Waals surface area (Å²) in [6.45, 7) is 4.43. The Morgan fingerprint density at radius 1 is 1.48 bits per heavy atom. The number of hydrogen-bond acceptors (Lipinski definition) is 5. The third-order valence-electron chi connectivity index (χ3n) is 3.16. The summed E-state index contributed by atoms with van der Waals surface area (Å²) in [6.07, 6.45) is 3.91. The molecule has 0 radical (unpaired) electrons. The van der Waals surface area contributed by atoms with Crippen LogP contribution in [0.25, 0.3) is 0 Å². The molecule has 0 bridgehead atoms. The number of aryl methyl sites for hydroxylation is 1. The maximum absolute atomic E-state index is 12.1. The number of carbonyl (C=O) groups excluding carboxylic acids is 1. The molecule has 0 saturated carbocycles. The van der Waals surface area contributed by atoms with E-state index < -0.39 is 0 Å². The van der Waals surface area contributed by atoms with E-state index in [0.29, 0.717) is 18.8 Å². The van der Waals surface area contributed by atoms with Crippen LogP contribution in [0.2, 0.25) is 0 Å². The van der Waals surface area contributed by atoms with Crippen molar-refractivity contribution in [3.8, 4) is 0 Å². The Morgan fingerprint density at radius 3 is 2.86 bits per heavy atom. The number of anilines is 1. The van der Waals surface area contributed by atoms with Crippen LogP contribution in [0, 0.1) is 0 Å². The van der Waals surface area contributed by atoms with Gasteiger partial charge in [0.2, 0.25) is 0 Å². The molecule has 0 unspecified atom stereocenters. The van der Waals surface area contributed by atoms with Gasteiger partial charge in [-0.2, -0.15) is 5.10 Å². The molecule has 0 aliphatic carbocycles. The Labute approximate surface area is 123 Å². The first-order chi connectivity index (χ1) is 9.99. The van der Waals surface area contributed by atoms with Crippen LogP contribution in [0.3, 0.4) is 0 Å². The zero-order chi connectivity index (χ0) is 15.4. The third-order valence-corrected chi connectivity index (χ3v) is 3.16. The van der Waals surface area contributed by atoms with Crippen molar-refractivity contribution < 1.29 is 4.79 Å². The van der Waals surface area contributed by atoms with E-state index in [4.69, 9.17) is 5.73 Å². The number of amides is 1. The number of nitrogens with one attached hydrogen (secondary N) is 1. The maximum atomic E-state index is 12.1. The molecular weight excluding hydrogens is 268 g/mol. The SMILES string of the molecule is CC(C)c1ncc(N)c(C(=O)NCCc2ccnn2C)n1. The summed E-state index contributed by atoms with van der Waals surface area (Å²) < 4.78 is 1.78. The topological polar surface area (TPSA) is 98.7 Å². The number of aromatic nitrogens is 4. The number of rotatable bonds is 5. The van der Waals surface area contributed by atoms with E-state index >= 15 is 0 Å². The Kier molecular flexibility index (Phi) is 4.52. The molecule has 0 aromatic carbocycles. The molecule has 0 spiro atoms. The first-order valence-electron chi connectivity index (χ1n) is 6.86. The Balaban J connectivity index is 2.00. The van der Waals surface area contributed by atoms with Gasteiger partial charge in [0.25, 0.3) is 5.91 Å². The van der Waals surface area contributed by atoms with Crippen molar-refractivity contribution in [2.45, 2.75) is 26.2 Å². The van der Waals surface area contributed by atoms with E-state index in [1.807, 2.05) is 27.0 Å². The van der Waals surface area contributed by atoms with Crippen LogP contribution in [-0.2, 0) is 13.5 Å². The van der Waals surface area contributed by atoms with E-state index in [9.17, 15) is 4.79 Å². The van der Waals surface area contributed by atoms with Crippen LogP contribution in [0.15, 0.2) is 18.5 Å². The lowest BCUT2D eigenvalue weighted by molar-refractivity contribution is 0.0949. The highest BCUT2D eigenvalue weighted by molar-refractivity contribution is 5.96. The number of carbonyl (C=O) groups is 1. The second-order valence-corrected chi connectivity index (χ2v) is 5.14. The smallest absolute Gasteiger partial charge is 0.272 e. The zero-order valence-electron chi connectivity index (χ0n) is 12.5. The van der Waals surface area contributed by atoms with Gasteiger partial charge >= 0.3 is 0 Å². The normalized spacial score (nSPS) is 10.9. The van der Waals surface area contributed by atoms with Gasteiger partial charge in [0.1, 0.15) is 5.82 Å². The number of nitrogens with two attached hydrogens (primary N) is 1. The summed E-state index contributed by atoms with van der Waals surface area (Å²) in [4.78, 5) is 20.5. The summed E-state index contributed by atoms with van der Waals surface area (Å²) >= 11 is 0. The van der Waals surface area contributed by atoms with E-state index in [2.05, 4.69) is 20.4 Å². The number of nitrogens with zero attached hydrogens (tertiary/aromatic N) is 4. The van der Waals surface area contributed by atoms with Gasteiger partial charge in [-0.05, 0) is 6.07 Å². The highest BCUT2D eigenvalue weighted by Gasteiger charge is 2.14. The highest BCUT2D eigenvalue weighted by Crippen LogP contribution is 2.13. The molecule has 2 aromatic heterocycles. The van der Waals surface area contributed by atoms with Crippen LogP contribution in [0.1, 0.15) is 41.8 Å². The molecule has 2 heterocycles. The minimum atomic E-state index is -0.279. The monoisotopic (exact) mass is 288 g/mol. The lowest BCUT2D eigenvalue weighted by atomic mass is 10.2. The number of nitrogen functional groups attached to an aromatic ring is 1. The van der Waals surface area contributed by atoms with Gasteiger partial charge in [0.05, 0.1) is 11.9 Å². The minimum absolute atomic E-state index is 0.145. The lowest BCUT2D eigenvalue weighted by Gasteiger charge is -2.09. The van der Waals surface area contributed by atoms with Crippen LogP contribution < -0.4 is 11.1 Å². The van der Waals surface area contributed by atoms with Gasteiger partial charge in [-0.3, -0.25) is 9.48 Å². The van der Waals surface area contributed by atoms with Gasteiger partial charge < -0.3 is 11.1 Å². The Morgan fingerprint density at radius 2 is 2.24 bits per heavy atom. The third kappa shape index (κ3) is 3.56. The fourth-order valence-electron chi connectivity index (χ4n) is 1.90. The van der Waals surface area contributed by atoms with Gasteiger partial charge in [-0.1, -0.05) is 13.8 Å². The molecule has 112 valence electrons.